The first-order valence-corrected chi connectivity index (χ1v) is 14.7. The van der Waals surface area contributed by atoms with Crippen molar-refractivity contribution in [3.63, 3.8) is 0 Å². The van der Waals surface area contributed by atoms with Crippen LogP contribution < -0.4 is 15.2 Å². The molecule has 0 aliphatic heterocycles. The predicted molar refractivity (Wildman–Crippen MR) is 168 cm³/mol. The lowest BCUT2D eigenvalue weighted by molar-refractivity contribution is -0.726. The lowest BCUT2D eigenvalue weighted by Gasteiger charge is -2.13. The third kappa shape index (κ3) is 8.57. The molecule has 10 nitrogen and oxygen atoms in total. The maximum absolute atomic E-state index is 13.7. The number of nitrogens with zero attached hydrogens (tertiary/aromatic N) is 5. The first-order valence-electron chi connectivity index (χ1n) is 14.7. The third-order valence-corrected chi connectivity index (χ3v) is 7.05. The van der Waals surface area contributed by atoms with Crippen LogP contribution in [-0.2, 0) is 24.1 Å². The van der Waals surface area contributed by atoms with Crippen LogP contribution in [0.1, 0.15) is 46.6 Å². The number of benzene rings is 2. The number of aryl methyl sites for hydroxylation is 2. The zero-order valence-corrected chi connectivity index (χ0v) is 26.2. The van der Waals surface area contributed by atoms with Crippen LogP contribution in [0.25, 0.3) is 16.9 Å². The van der Waals surface area contributed by atoms with Crippen LogP contribution >= 0.6 is 0 Å². The fraction of sp³-hybridized carbons (Fsp3) is 0.235. The Balaban J connectivity index is 1.33. The molecule has 0 atom stereocenters. The van der Waals surface area contributed by atoms with E-state index < -0.39 is 17.8 Å². The van der Waals surface area contributed by atoms with Gasteiger partial charge in [0.15, 0.2) is 18.2 Å². The van der Waals surface area contributed by atoms with E-state index in [9.17, 15) is 22.8 Å². The molecule has 47 heavy (non-hydrogen) atoms. The lowest BCUT2D eigenvalue weighted by atomic mass is 9.99. The summed E-state index contributed by atoms with van der Waals surface area (Å²) in [6, 6.07) is 14.0. The minimum atomic E-state index is -4.59. The molecule has 5 rings (SSSR count). The molecule has 0 aliphatic carbocycles. The van der Waals surface area contributed by atoms with Crippen LogP contribution in [0, 0.1) is 13.8 Å². The van der Waals surface area contributed by atoms with Gasteiger partial charge in [0.25, 0.3) is 6.73 Å². The van der Waals surface area contributed by atoms with Crippen molar-refractivity contribution in [2.24, 2.45) is 0 Å². The molecule has 0 bridgehead atoms. The molecule has 13 heteroatoms. The van der Waals surface area contributed by atoms with Crippen LogP contribution in [0.2, 0.25) is 0 Å². The molecule has 0 unspecified atom stereocenters. The number of ether oxygens (including phenoxy) is 1. The molecule has 0 radical (unpaired) electrons. The van der Waals surface area contributed by atoms with Gasteiger partial charge in [-0.05, 0) is 75.2 Å². The fourth-order valence-electron chi connectivity index (χ4n) is 4.73. The zero-order chi connectivity index (χ0) is 33.7. The number of hydrogen-bond donors (Lipinski definition) is 2. The number of pyridine rings is 1. The van der Waals surface area contributed by atoms with Crippen molar-refractivity contribution in [2.75, 3.05) is 5.32 Å². The number of alkyl halides is 3. The molecule has 3 aromatic heterocycles. The number of amides is 1. The zero-order valence-electron chi connectivity index (χ0n) is 26.2. The van der Waals surface area contributed by atoms with Gasteiger partial charge in [-0.2, -0.15) is 17.7 Å². The summed E-state index contributed by atoms with van der Waals surface area (Å²) in [6.07, 6.45) is 2.84. The molecule has 0 saturated carbocycles. The van der Waals surface area contributed by atoms with E-state index in [1.54, 1.807) is 72.7 Å². The number of alkyl carbamates (subject to hydrolysis) is 1. The Morgan fingerprint density at radius 2 is 1.85 bits per heavy atom. The topological polar surface area (TPSA) is 115 Å². The molecule has 2 N–H and O–H groups in total. The van der Waals surface area contributed by atoms with Crippen molar-refractivity contribution in [3.8, 4) is 16.9 Å². The number of rotatable bonds is 10. The summed E-state index contributed by atoms with van der Waals surface area (Å²) in [7, 11) is 0. The normalized spacial score (nSPS) is 11.4. The summed E-state index contributed by atoms with van der Waals surface area (Å²) in [5, 5.41) is 5.82. The van der Waals surface area contributed by atoms with Crippen molar-refractivity contribution in [2.45, 2.75) is 53.1 Å². The molecular formula is C34H33F3N7O3+. The highest BCUT2D eigenvalue weighted by molar-refractivity contribution is 5.98. The Labute approximate surface area is 269 Å². The summed E-state index contributed by atoms with van der Waals surface area (Å²) >= 11 is 0. The number of imidazole rings is 1. The van der Waals surface area contributed by atoms with E-state index in [-0.39, 0.29) is 42.2 Å². The number of hydrogen-bond acceptors (Lipinski definition) is 7. The van der Waals surface area contributed by atoms with E-state index in [2.05, 4.69) is 25.6 Å². The van der Waals surface area contributed by atoms with E-state index in [1.165, 1.54) is 10.9 Å². The van der Waals surface area contributed by atoms with Crippen molar-refractivity contribution >= 4 is 23.5 Å². The van der Waals surface area contributed by atoms with Gasteiger partial charge in [-0.1, -0.05) is 12.1 Å². The number of carbonyl (C=O) groups is 2. The lowest BCUT2D eigenvalue weighted by Crippen LogP contribution is -2.39. The molecular weight excluding hydrogens is 611 g/mol. The van der Waals surface area contributed by atoms with E-state index in [1.807, 2.05) is 26.8 Å². The Morgan fingerprint density at radius 1 is 1.04 bits per heavy atom. The smallest absolute Gasteiger partial charge is 0.388 e. The second-order valence-electron chi connectivity index (χ2n) is 11.3. The standard InChI is InChI=1S/C34H32F3N7O3/c1-21(2)40-33(46)47-20-43-11-5-6-26(18-43)29-9-10-38-32(41-29)42-30-15-25(8-7-22(30)3)31(45)14-24-12-27(34(35,36)37)16-28(13-24)44-17-23(4)39-19-44/h5-13,15-19,21H,14,20H2,1-4H3,(H-,38,40,41,42,46)/p+1. The van der Waals surface area contributed by atoms with E-state index in [4.69, 9.17) is 4.74 Å². The highest BCUT2D eigenvalue weighted by Crippen LogP contribution is 2.32. The number of ketones is 1. The van der Waals surface area contributed by atoms with Crippen LogP contribution in [-0.4, -0.2) is 37.4 Å². The Morgan fingerprint density at radius 3 is 2.57 bits per heavy atom. The third-order valence-electron chi connectivity index (χ3n) is 7.05. The Hall–Kier alpha value is -5.59. The van der Waals surface area contributed by atoms with Gasteiger partial charge < -0.3 is 19.9 Å². The predicted octanol–water partition coefficient (Wildman–Crippen LogP) is 6.51. The number of aromatic nitrogens is 5. The van der Waals surface area contributed by atoms with Crippen LogP contribution in [0.5, 0.6) is 0 Å². The quantitative estimate of drug-likeness (QED) is 0.132. The first kappa shape index (κ1) is 32.8. The van der Waals surface area contributed by atoms with Crippen LogP contribution in [0.15, 0.2) is 85.7 Å². The number of nitrogens with one attached hydrogen (secondary N) is 2. The molecule has 0 fully saturated rings. The second kappa shape index (κ2) is 13.8. The minimum Gasteiger partial charge on any atom is -0.388 e. The van der Waals surface area contributed by atoms with Gasteiger partial charge in [0, 0.05) is 47.9 Å². The van der Waals surface area contributed by atoms with Crippen LogP contribution in [0.3, 0.4) is 0 Å². The van der Waals surface area contributed by atoms with Gasteiger partial charge in [0.2, 0.25) is 5.95 Å². The molecule has 0 saturated heterocycles. The monoisotopic (exact) mass is 644 g/mol. The summed E-state index contributed by atoms with van der Waals surface area (Å²) in [5.41, 5.74) is 3.33. The summed E-state index contributed by atoms with van der Waals surface area (Å²) < 4.78 is 49.7. The molecule has 0 aliphatic rings. The van der Waals surface area contributed by atoms with E-state index >= 15 is 0 Å². The average molecular weight is 645 g/mol. The number of Topliss-reactive ketones (excluding diaryl/α,β-unsaturated/α-hetero) is 1. The first-order chi connectivity index (χ1) is 22.3. The highest BCUT2D eigenvalue weighted by Gasteiger charge is 2.31. The van der Waals surface area contributed by atoms with Crippen molar-refractivity contribution in [3.05, 3.63) is 114 Å². The SMILES string of the molecule is Cc1cn(-c2cc(CC(=O)c3ccc(C)c(Nc4nccc(-c5ccc[n+](COC(=O)NC(C)C)c5)n4)c3)cc(C(F)(F)F)c2)cn1. The molecule has 3 heterocycles. The van der Waals surface area contributed by atoms with E-state index in [0.29, 0.717) is 22.6 Å². The maximum atomic E-state index is 13.7. The summed E-state index contributed by atoms with van der Waals surface area (Å²) in [6.45, 7) is 7.27. The Bertz CT molecular complexity index is 1920. The van der Waals surface area contributed by atoms with Gasteiger partial charge >= 0.3 is 12.3 Å². The molecule has 1 amide bonds. The Kier molecular flexibility index (Phi) is 9.64. The van der Waals surface area contributed by atoms with Gasteiger partial charge in [-0.25, -0.2) is 19.7 Å². The molecule has 5 aromatic rings. The average Bonchev–Trinajstić information content (AvgIpc) is 3.47. The highest BCUT2D eigenvalue weighted by atomic mass is 19.4. The summed E-state index contributed by atoms with van der Waals surface area (Å²) in [4.78, 5) is 38.3. The maximum Gasteiger partial charge on any atom is 0.416 e. The van der Waals surface area contributed by atoms with Gasteiger partial charge in [0.1, 0.15) is 0 Å². The van der Waals surface area contributed by atoms with Crippen molar-refractivity contribution < 1.29 is 32.1 Å². The van der Waals surface area contributed by atoms with Gasteiger partial charge in [0.05, 0.1) is 28.8 Å². The second-order valence-corrected chi connectivity index (χ2v) is 11.3. The van der Waals surface area contributed by atoms with Crippen molar-refractivity contribution in [1.82, 2.24) is 24.8 Å². The fourth-order valence-corrected chi connectivity index (χ4v) is 4.73. The number of carbonyl (C=O) groups excluding carboxylic acids is 2. The molecule has 0 spiro atoms. The number of halogens is 3. The minimum absolute atomic E-state index is 0.00758. The summed E-state index contributed by atoms with van der Waals surface area (Å²) in [5.74, 6) is -0.0794. The van der Waals surface area contributed by atoms with Crippen LogP contribution in [0.4, 0.5) is 29.6 Å². The van der Waals surface area contributed by atoms with Gasteiger partial charge in [-0.3, -0.25) is 4.79 Å². The molecule has 242 valence electrons. The van der Waals surface area contributed by atoms with Gasteiger partial charge in [-0.15, -0.1) is 0 Å². The number of anilines is 2. The molecule has 2 aromatic carbocycles. The largest absolute Gasteiger partial charge is 0.416 e. The van der Waals surface area contributed by atoms with Crippen molar-refractivity contribution in [1.29, 1.82) is 0 Å². The van der Waals surface area contributed by atoms with E-state index in [0.717, 1.165) is 23.3 Å².